The van der Waals surface area contributed by atoms with Crippen molar-refractivity contribution >= 4 is 0 Å². The zero-order chi connectivity index (χ0) is 6.78. The molecule has 0 spiro atoms. The van der Waals surface area contributed by atoms with E-state index in [9.17, 15) is 0 Å². The molecule has 0 bridgehead atoms. The SMILES string of the molecule is CCC(C)(C)C(N)N. The Balaban J connectivity index is 3.71. The summed E-state index contributed by atoms with van der Waals surface area (Å²) in [4.78, 5) is 0. The third kappa shape index (κ3) is 1.80. The van der Waals surface area contributed by atoms with E-state index in [1.807, 2.05) is 0 Å². The Morgan fingerprint density at radius 1 is 1.38 bits per heavy atom. The maximum atomic E-state index is 5.46. The lowest BCUT2D eigenvalue weighted by Crippen LogP contribution is -2.44. The number of hydrogen-bond acceptors (Lipinski definition) is 2. The van der Waals surface area contributed by atoms with E-state index < -0.39 is 0 Å². The van der Waals surface area contributed by atoms with E-state index >= 15 is 0 Å². The van der Waals surface area contributed by atoms with Crippen LogP contribution in [-0.4, -0.2) is 6.17 Å². The second kappa shape index (κ2) is 2.46. The van der Waals surface area contributed by atoms with Gasteiger partial charge in [-0.05, 0) is 11.8 Å². The third-order valence-electron chi connectivity index (χ3n) is 1.81. The van der Waals surface area contributed by atoms with Crippen molar-refractivity contribution in [2.45, 2.75) is 33.4 Å². The molecule has 0 amide bonds. The van der Waals surface area contributed by atoms with Gasteiger partial charge in [0.05, 0.1) is 6.17 Å². The predicted octanol–water partition coefficient (Wildman–Crippen LogP) is 0.666. The van der Waals surface area contributed by atoms with E-state index in [2.05, 4.69) is 20.8 Å². The lowest BCUT2D eigenvalue weighted by atomic mass is 9.87. The molecule has 8 heavy (non-hydrogen) atoms. The summed E-state index contributed by atoms with van der Waals surface area (Å²) in [5, 5.41) is 0. The minimum absolute atomic E-state index is 0.0972. The summed E-state index contributed by atoms with van der Waals surface area (Å²) in [5.41, 5.74) is 11.0. The van der Waals surface area contributed by atoms with Gasteiger partial charge in [-0.15, -0.1) is 0 Å². The first-order valence-electron chi connectivity index (χ1n) is 3.02. The van der Waals surface area contributed by atoms with E-state index in [-0.39, 0.29) is 11.6 Å². The first kappa shape index (κ1) is 7.92. The third-order valence-corrected chi connectivity index (χ3v) is 1.81. The summed E-state index contributed by atoms with van der Waals surface area (Å²) in [5.74, 6) is 0. The summed E-state index contributed by atoms with van der Waals surface area (Å²) in [6.45, 7) is 6.22. The van der Waals surface area contributed by atoms with Gasteiger partial charge in [0.1, 0.15) is 0 Å². The molecule has 0 unspecified atom stereocenters. The zero-order valence-electron chi connectivity index (χ0n) is 5.94. The highest BCUT2D eigenvalue weighted by Gasteiger charge is 2.19. The van der Waals surface area contributed by atoms with Gasteiger partial charge in [0, 0.05) is 0 Å². The molecular weight excluding hydrogens is 100 g/mol. The summed E-state index contributed by atoms with van der Waals surface area (Å²) >= 11 is 0. The first-order valence-corrected chi connectivity index (χ1v) is 3.02. The lowest BCUT2D eigenvalue weighted by molar-refractivity contribution is 0.280. The van der Waals surface area contributed by atoms with Crippen LogP contribution in [0.25, 0.3) is 0 Å². The Bertz CT molecular complexity index is 66.9. The molecule has 0 aliphatic carbocycles. The van der Waals surface area contributed by atoms with Crippen molar-refractivity contribution in [3.8, 4) is 0 Å². The van der Waals surface area contributed by atoms with Gasteiger partial charge in [0.25, 0.3) is 0 Å². The molecule has 0 rings (SSSR count). The quantitative estimate of drug-likeness (QED) is 0.521. The van der Waals surface area contributed by atoms with Gasteiger partial charge in [-0.1, -0.05) is 20.8 Å². The smallest absolute Gasteiger partial charge is 0.0573 e. The van der Waals surface area contributed by atoms with Crippen LogP contribution in [-0.2, 0) is 0 Å². The van der Waals surface area contributed by atoms with Gasteiger partial charge in [0.2, 0.25) is 0 Å². The first-order chi connectivity index (χ1) is 3.50. The maximum Gasteiger partial charge on any atom is 0.0573 e. The van der Waals surface area contributed by atoms with Crippen molar-refractivity contribution in [1.29, 1.82) is 0 Å². The minimum atomic E-state index is -0.188. The molecule has 0 aliphatic rings. The van der Waals surface area contributed by atoms with Crippen molar-refractivity contribution in [2.75, 3.05) is 0 Å². The fourth-order valence-corrected chi connectivity index (χ4v) is 0.236. The summed E-state index contributed by atoms with van der Waals surface area (Å²) < 4.78 is 0. The van der Waals surface area contributed by atoms with Crippen molar-refractivity contribution in [3.05, 3.63) is 0 Å². The topological polar surface area (TPSA) is 52.0 Å². The van der Waals surface area contributed by atoms with Crippen molar-refractivity contribution in [2.24, 2.45) is 16.9 Å². The van der Waals surface area contributed by atoms with Gasteiger partial charge in [0.15, 0.2) is 0 Å². The van der Waals surface area contributed by atoms with Crippen LogP contribution in [0.4, 0.5) is 0 Å². The van der Waals surface area contributed by atoms with Crippen LogP contribution in [0.5, 0.6) is 0 Å². The van der Waals surface area contributed by atoms with Gasteiger partial charge < -0.3 is 11.5 Å². The average Bonchev–Trinajstić information content (AvgIpc) is 1.67. The van der Waals surface area contributed by atoms with Crippen LogP contribution in [0.1, 0.15) is 27.2 Å². The summed E-state index contributed by atoms with van der Waals surface area (Å²) in [6, 6.07) is 0. The van der Waals surface area contributed by atoms with Crippen LogP contribution in [0.2, 0.25) is 0 Å². The van der Waals surface area contributed by atoms with E-state index in [4.69, 9.17) is 11.5 Å². The van der Waals surface area contributed by atoms with Gasteiger partial charge in [-0.3, -0.25) is 0 Å². The van der Waals surface area contributed by atoms with Crippen LogP contribution in [0.3, 0.4) is 0 Å². The lowest BCUT2D eigenvalue weighted by Gasteiger charge is -2.26. The molecule has 2 heteroatoms. The Hall–Kier alpha value is -0.0800. The summed E-state index contributed by atoms with van der Waals surface area (Å²) in [7, 11) is 0. The van der Waals surface area contributed by atoms with Crippen molar-refractivity contribution < 1.29 is 0 Å². The highest BCUT2D eigenvalue weighted by atomic mass is 14.9. The molecule has 2 nitrogen and oxygen atoms in total. The van der Waals surface area contributed by atoms with Gasteiger partial charge in [-0.2, -0.15) is 0 Å². The Morgan fingerprint density at radius 3 is 1.75 bits per heavy atom. The van der Waals surface area contributed by atoms with E-state index in [0.717, 1.165) is 6.42 Å². The fourth-order valence-electron chi connectivity index (χ4n) is 0.236. The molecule has 0 heterocycles. The average molecular weight is 116 g/mol. The summed E-state index contributed by atoms with van der Waals surface area (Å²) in [6.07, 6.45) is 0.845. The second-order valence-electron chi connectivity index (χ2n) is 2.87. The van der Waals surface area contributed by atoms with Crippen LogP contribution >= 0.6 is 0 Å². The highest BCUT2D eigenvalue weighted by molar-refractivity contribution is 4.74. The maximum absolute atomic E-state index is 5.46. The van der Waals surface area contributed by atoms with Gasteiger partial charge in [-0.25, -0.2) is 0 Å². The highest BCUT2D eigenvalue weighted by Crippen LogP contribution is 2.19. The van der Waals surface area contributed by atoms with Crippen LogP contribution < -0.4 is 11.5 Å². The Kier molecular flexibility index (Phi) is 2.44. The zero-order valence-corrected chi connectivity index (χ0v) is 5.94. The molecule has 0 aliphatic heterocycles. The predicted molar refractivity (Wildman–Crippen MR) is 36.2 cm³/mol. The molecule has 50 valence electrons. The number of hydrogen-bond donors (Lipinski definition) is 2. The Morgan fingerprint density at radius 2 is 1.75 bits per heavy atom. The molecule has 0 atom stereocenters. The van der Waals surface area contributed by atoms with Crippen molar-refractivity contribution in [1.82, 2.24) is 0 Å². The number of rotatable bonds is 2. The molecule has 0 saturated heterocycles. The largest absolute Gasteiger partial charge is 0.316 e. The minimum Gasteiger partial charge on any atom is -0.316 e. The molecule has 0 radical (unpaired) electrons. The van der Waals surface area contributed by atoms with Crippen LogP contribution in [0.15, 0.2) is 0 Å². The van der Waals surface area contributed by atoms with Crippen LogP contribution in [0, 0.1) is 5.41 Å². The van der Waals surface area contributed by atoms with E-state index in [0.29, 0.717) is 0 Å². The van der Waals surface area contributed by atoms with E-state index in [1.54, 1.807) is 0 Å². The fraction of sp³-hybridized carbons (Fsp3) is 1.00. The Labute approximate surface area is 51.2 Å². The van der Waals surface area contributed by atoms with Gasteiger partial charge >= 0.3 is 0 Å². The van der Waals surface area contributed by atoms with E-state index in [1.165, 1.54) is 0 Å². The standard InChI is InChI=1S/C6H16N2/c1-4-6(2,3)5(7)8/h5H,4,7-8H2,1-3H3. The molecular formula is C6H16N2. The molecule has 0 saturated carbocycles. The van der Waals surface area contributed by atoms with Crippen molar-refractivity contribution in [3.63, 3.8) is 0 Å². The molecule has 0 fully saturated rings. The molecule has 0 aromatic rings. The normalized spacial score (nSPS) is 12.8. The molecule has 0 aromatic carbocycles. The molecule has 0 aromatic heterocycles. The second-order valence-corrected chi connectivity index (χ2v) is 2.87. The molecule has 4 N–H and O–H groups in total. The number of nitrogens with two attached hydrogens (primary N) is 2. The monoisotopic (exact) mass is 116 g/mol.